The Balaban J connectivity index is 1.64. The number of carbonyl (C=O) groups is 2. The molecule has 4 aliphatic rings. The molecule has 2 saturated carbocycles. The molecule has 2 fully saturated rings. The van der Waals surface area contributed by atoms with Crippen LogP contribution in [0, 0.1) is 28.6 Å². The third-order valence-electron chi connectivity index (χ3n) is 7.99. The first kappa shape index (κ1) is 17.1. The van der Waals surface area contributed by atoms with Gasteiger partial charge < -0.3 is 4.74 Å². The summed E-state index contributed by atoms with van der Waals surface area (Å²) in [4.78, 5) is 23.7. The summed E-state index contributed by atoms with van der Waals surface area (Å²) in [5.74, 6) is 1.99. The van der Waals surface area contributed by atoms with Crippen molar-refractivity contribution in [3.05, 3.63) is 23.8 Å². The van der Waals surface area contributed by atoms with Crippen molar-refractivity contribution in [2.75, 3.05) is 0 Å². The van der Waals surface area contributed by atoms with Crippen molar-refractivity contribution in [2.24, 2.45) is 28.6 Å². The maximum absolute atomic E-state index is 11.9. The highest BCUT2D eigenvalue weighted by atomic mass is 16.5. The average molecular weight is 342 g/mol. The number of hydrogen-bond donors (Lipinski definition) is 0. The molecule has 0 unspecified atom stereocenters. The lowest BCUT2D eigenvalue weighted by Gasteiger charge is -2.55. The van der Waals surface area contributed by atoms with Crippen LogP contribution < -0.4 is 0 Å². The predicted octanol–water partition coefficient (Wildman–Crippen LogP) is 4.62. The van der Waals surface area contributed by atoms with E-state index in [1.807, 2.05) is 13.0 Å². The van der Waals surface area contributed by atoms with E-state index in [4.69, 9.17) is 4.74 Å². The third kappa shape index (κ3) is 2.45. The van der Waals surface area contributed by atoms with E-state index in [0.29, 0.717) is 30.6 Å². The van der Waals surface area contributed by atoms with Crippen LogP contribution >= 0.6 is 0 Å². The number of fused-ring (bicyclic) bond motifs is 5. The van der Waals surface area contributed by atoms with E-state index in [9.17, 15) is 9.59 Å². The molecule has 6 atom stereocenters. The lowest BCUT2D eigenvalue weighted by atomic mass is 9.49. The van der Waals surface area contributed by atoms with Crippen molar-refractivity contribution in [1.29, 1.82) is 0 Å². The van der Waals surface area contributed by atoms with Crippen molar-refractivity contribution in [3.8, 4) is 0 Å². The molecule has 0 aromatic rings. The first-order valence-corrected chi connectivity index (χ1v) is 10.0. The van der Waals surface area contributed by atoms with Crippen LogP contribution in [0.2, 0.25) is 0 Å². The van der Waals surface area contributed by atoms with Crippen LogP contribution in [0.25, 0.3) is 0 Å². The fourth-order valence-electron chi connectivity index (χ4n) is 6.38. The molecular formula is C22H30O3. The Hall–Kier alpha value is -1.38. The summed E-state index contributed by atoms with van der Waals surface area (Å²) < 4.78 is 5.84. The predicted molar refractivity (Wildman–Crippen MR) is 96.8 cm³/mol. The van der Waals surface area contributed by atoms with Gasteiger partial charge in [-0.1, -0.05) is 32.9 Å². The number of rotatable bonds is 2. The number of hydrogen-bond acceptors (Lipinski definition) is 3. The van der Waals surface area contributed by atoms with Crippen molar-refractivity contribution >= 4 is 11.8 Å². The van der Waals surface area contributed by atoms with Gasteiger partial charge in [-0.05, 0) is 66.9 Å². The van der Waals surface area contributed by atoms with E-state index in [2.05, 4.69) is 26.0 Å². The highest BCUT2D eigenvalue weighted by molar-refractivity contribution is 5.92. The van der Waals surface area contributed by atoms with Gasteiger partial charge in [-0.2, -0.15) is 0 Å². The van der Waals surface area contributed by atoms with Crippen LogP contribution in [0.5, 0.6) is 0 Å². The van der Waals surface area contributed by atoms with Gasteiger partial charge in [-0.15, -0.1) is 0 Å². The molecule has 0 radical (unpaired) electrons. The van der Waals surface area contributed by atoms with Gasteiger partial charge >= 0.3 is 5.97 Å². The monoisotopic (exact) mass is 342 g/mol. The second-order valence-corrected chi connectivity index (χ2v) is 9.09. The number of ether oxygens (including phenoxy) is 1. The number of ketones is 1. The Morgan fingerprint density at radius 3 is 2.76 bits per heavy atom. The zero-order valence-electron chi connectivity index (χ0n) is 15.7. The smallest absolute Gasteiger partial charge is 0.305 e. The third-order valence-corrected chi connectivity index (χ3v) is 7.99. The summed E-state index contributed by atoms with van der Waals surface area (Å²) in [6, 6.07) is 0. The highest BCUT2D eigenvalue weighted by Crippen LogP contribution is 2.64. The standard InChI is InChI=1S/C22H30O3/c1-4-20(24)25-19-8-7-17-16-6-5-14-13-15(23)9-11-21(14,2)18(16)10-12-22(17,19)3/h5-6,13,16-19H,4,7-12H2,1-3H3/t16-,17-,18-,19-,21-,22-/m0/s1. The molecule has 0 heterocycles. The van der Waals surface area contributed by atoms with Crippen LogP contribution in [0.4, 0.5) is 0 Å². The summed E-state index contributed by atoms with van der Waals surface area (Å²) in [6.45, 7) is 6.59. The van der Waals surface area contributed by atoms with E-state index >= 15 is 0 Å². The van der Waals surface area contributed by atoms with E-state index in [1.165, 1.54) is 12.0 Å². The summed E-state index contributed by atoms with van der Waals surface area (Å²) in [6.07, 6.45) is 13.2. The molecular weight excluding hydrogens is 312 g/mol. The van der Waals surface area contributed by atoms with E-state index in [0.717, 1.165) is 25.7 Å². The molecule has 0 spiro atoms. The second kappa shape index (κ2) is 5.82. The fourth-order valence-corrected chi connectivity index (χ4v) is 6.38. The van der Waals surface area contributed by atoms with Crippen LogP contribution in [-0.2, 0) is 14.3 Å². The minimum Gasteiger partial charge on any atom is -0.462 e. The molecule has 4 aliphatic carbocycles. The molecule has 0 bridgehead atoms. The van der Waals surface area contributed by atoms with Crippen LogP contribution in [0.1, 0.15) is 65.7 Å². The van der Waals surface area contributed by atoms with Gasteiger partial charge in [0.05, 0.1) is 0 Å². The van der Waals surface area contributed by atoms with Crippen molar-refractivity contribution in [2.45, 2.75) is 71.8 Å². The van der Waals surface area contributed by atoms with E-state index < -0.39 is 0 Å². The van der Waals surface area contributed by atoms with Gasteiger partial charge in [0.15, 0.2) is 5.78 Å². The maximum Gasteiger partial charge on any atom is 0.305 e. The van der Waals surface area contributed by atoms with E-state index in [1.54, 1.807) is 0 Å². The maximum atomic E-state index is 11.9. The summed E-state index contributed by atoms with van der Waals surface area (Å²) >= 11 is 0. The minimum atomic E-state index is -0.0591. The first-order valence-electron chi connectivity index (χ1n) is 10.0. The fraction of sp³-hybridized carbons (Fsp3) is 0.727. The lowest BCUT2D eigenvalue weighted by molar-refractivity contribution is -0.158. The molecule has 0 aromatic carbocycles. The number of allylic oxidation sites excluding steroid dienone is 4. The van der Waals surface area contributed by atoms with Gasteiger partial charge in [-0.25, -0.2) is 0 Å². The van der Waals surface area contributed by atoms with Gasteiger partial charge in [0.2, 0.25) is 0 Å². The molecule has 0 aromatic heterocycles. The van der Waals surface area contributed by atoms with Gasteiger partial charge in [0, 0.05) is 18.3 Å². The van der Waals surface area contributed by atoms with Crippen LogP contribution in [0.15, 0.2) is 23.8 Å². The molecule has 0 aliphatic heterocycles. The van der Waals surface area contributed by atoms with E-state index in [-0.39, 0.29) is 28.7 Å². The molecule has 0 N–H and O–H groups in total. The lowest BCUT2D eigenvalue weighted by Crippen LogP contribution is -2.50. The zero-order valence-corrected chi connectivity index (χ0v) is 15.7. The molecule has 0 saturated heterocycles. The Morgan fingerprint density at radius 1 is 1.20 bits per heavy atom. The molecule has 25 heavy (non-hydrogen) atoms. The van der Waals surface area contributed by atoms with Crippen LogP contribution in [0.3, 0.4) is 0 Å². The molecule has 4 rings (SSSR count). The summed E-state index contributed by atoms with van der Waals surface area (Å²) in [5.41, 5.74) is 1.51. The summed E-state index contributed by atoms with van der Waals surface area (Å²) in [5, 5.41) is 0. The van der Waals surface area contributed by atoms with Crippen molar-refractivity contribution < 1.29 is 14.3 Å². The minimum absolute atomic E-state index is 0.0591. The van der Waals surface area contributed by atoms with Gasteiger partial charge in [-0.3, -0.25) is 9.59 Å². The largest absolute Gasteiger partial charge is 0.462 e. The van der Waals surface area contributed by atoms with Gasteiger partial charge in [0.1, 0.15) is 6.10 Å². The van der Waals surface area contributed by atoms with Crippen molar-refractivity contribution in [3.63, 3.8) is 0 Å². The number of esters is 1. The summed E-state index contributed by atoms with van der Waals surface area (Å²) in [7, 11) is 0. The Bertz CT molecular complexity index is 660. The Labute approximate surface area is 150 Å². The van der Waals surface area contributed by atoms with Crippen molar-refractivity contribution in [1.82, 2.24) is 0 Å². The Morgan fingerprint density at radius 2 is 2.00 bits per heavy atom. The topological polar surface area (TPSA) is 43.4 Å². The number of carbonyl (C=O) groups excluding carboxylic acids is 2. The Kier molecular flexibility index (Phi) is 3.97. The molecule has 136 valence electrons. The zero-order chi connectivity index (χ0) is 17.8. The normalized spacial score (nSPS) is 45.2. The molecule has 0 amide bonds. The second-order valence-electron chi connectivity index (χ2n) is 9.09. The van der Waals surface area contributed by atoms with Gasteiger partial charge in [0.25, 0.3) is 0 Å². The first-order chi connectivity index (χ1) is 11.9. The SMILES string of the molecule is CCC(=O)O[C@H]1CC[C@H]2[C@@H]3C=CC4=CC(=O)CC[C@]4(C)[C@H]3CC[C@]12C. The highest BCUT2D eigenvalue weighted by Gasteiger charge is 2.58. The quantitative estimate of drug-likeness (QED) is 0.688. The average Bonchev–Trinajstić information content (AvgIpc) is 2.92. The van der Waals surface area contributed by atoms with Crippen LogP contribution in [-0.4, -0.2) is 17.9 Å². The molecule has 3 nitrogen and oxygen atoms in total. The molecule has 3 heteroatoms.